The Morgan fingerprint density at radius 2 is 2.00 bits per heavy atom. The number of para-hydroxylation sites is 1. The summed E-state index contributed by atoms with van der Waals surface area (Å²) in [4.78, 5) is 27.5. The van der Waals surface area contributed by atoms with Crippen LogP contribution in [0.1, 0.15) is 23.0 Å². The van der Waals surface area contributed by atoms with E-state index in [1.165, 1.54) is 13.0 Å². The molecule has 2 aromatic carbocycles. The van der Waals surface area contributed by atoms with Gasteiger partial charge in [0.2, 0.25) is 0 Å². The summed E-state index contributed by atoms with van der Waals surface area (Å²) in [5, 5.41) is 12.4. The molecule has 0 saturated carbocycles. The summed E-state index contributed by atoms with van der Waals surface area (Å²) in [7, 11) is 0. The molecule has 0 saturated heterocycles. The predicted octanol–water partition coefficient (Wildman–Crippen LogP) is 3.88. The normalized spacial score (nSPS) is 11.6. The number of amides is 1. The van der Waals surface area contributed by atoms with E-state index in [4.69, 9.17) is 21.6 Å². The number of H-pyrrole nitrogens is 1. The Labute approximate surface area is 154 Å². The minimum Gasteiger partial charge on any atom is -0.448 e. The number of benzene rings is 2. The Hall–Kier alpha value is -3.30. The summed E-state index contributed by atoms with van der Waals surface area (Å²) in [5.74, 6) is -1.24. The lowest BCUT2D eigenvalue weighted by Gasteiger charge is -2.13. The van der Waals surface area contributed by atoms with E-state index in [1.54, 1.807) is 30.3 Å². The van der Waals surface area contributed by atoms with Gasteiger partial charge in [-0.25, -0.2) is 4.79 Å². The molecule has 0 aliphatic heterocycles. The van der Waals surface area contributed by atoms with Crippen LogP contribution in [-0.4, -0.2) is 23.0 Å². The summed E-state index contributed by atoms with van der Waals surface area (Å²) in [6.45, 7) is 1.46. The van der Waals surface area contributed by atoms with Gasteiger partial charge in [-0.3, -0.25) is 4.79 Å². The second-order valence-electron chi connectivity index (χ2n) is 5.59. The number of hydrogen-bond donors (Lipinski definition) is 2. The number of rotatable bonds is 4. The van der Waals surface area contributed by atoms with E-state index in [0.717, 1.165) is 0 Å². The maximum atomic E-state index is 12.3. The Morgan fingerprint density at radius 1 is 1.23 bits per heavy atom. The van der Waals surface area contributed by atoms with Crippen LogP contribution in [0.25, 0.3) is 10.9 Å². The molecule has 26 heavy (non-hydrogen) atoms. The first-order valence-electron chi connectivity index (χ1n) is 7.78. The lowest BCUT2D eigenvalue weighted by Crippen LogP contribution is -2.30. The fourth-order valence-corrected chi connectivity index (χ4v) is 2.72. The van der Waals surface area contributed by atoms with Crippen molar-refractivity contribution in [2.24, 2.45) is 0 Å². The van der Waals surface area contributed by atoms with Gasteiger partial charge in [0.1, 0.15) is 5.69 Å². The third-order valence-electron chi connectivity index (χ3n) is 3.76. The van der Waals surface area contributed by atoms with Crippen molar-refractivity contribution in [1.82, 2.24) is 4.98 Å². The molecule has 3 rings (SSSR count). The number of aromatic nitrogens is 1. The smallest absolute Gasteiger partial charge is 0.357 e. The second-order valence-corrected chi connectivity index (χ2v) is 5.97. The van der Waals surface area contributed by atoms with E-state index < -0.39 is 18.0 Å². The van der Waals surface area contributed by atoms with Crippen LogP contribution in [0.4, 0.5) is 5.69 Å². The molecule has 1 unspecified atom stereocenters. The number of anilines is 1. The number of carbonyl (C=O) groups is 2. The number of esters is 1. The highest BCUT2D eigenvalue weighted by atomic mass is 35.5. The topological polar surface area (TPSA) is 95.0 Å². The van der Waals surface area contributed by atoms with Crippen molar-refractivity contribution in [3.8, 4) is 6.07 Å². The minimum atomic E-state index is -1.05. The van der Waals surface area contributed by atoms with Gasteiger partial charge in [0.25, 0.3) is 5.91 Å². The molecule has 0 aliphatic carbocycles. The highest BCUT2D eigenvalue weighted by Gasteiger charge is 2.23. The van der Waals surface area contributed by atoms with Crippen molar-refractivity contribution in [3.63, 3.8) is 0 Å². The number of fused-ring (bicyclic) bond motifs is 1. The van der Waals surface area contributed by atoms with E-state index in [0.29, 0.717) is 22.2 Å². The van der Waals surface area contributed by atoms with Gasteiger partial charge in [0.15, 0.2) is 6.10 Å². The number of ether oxygens (including phenoxy) is 1. The van der Waals surface area contributed by atoms with Gasteiger partial charge in [-0.05, 0) is 31.2 Å². The zero-order chi connectivity index (χ0) is 18.7. The van der Waals surface area contributed by atoms with E-state index in [1.807, 2.05) is 18.2 Å². The van der Waals surface area contributed by atoms with Gasteiger partial charge in [-0.2, -0.15) is 5.26 Å². The summed E-state index contributed by atoms with van der Waals surface area (Å²) >= 11 is 6.21. The number of hydrogen-bond acceptors (Lipinski definition) is 4. The molecule has 2 N–H and O–H groups in total. The molecule has 130 valence electrons. The third-order valence-corrected chi connectivity index (χ3v) is 4.15. The van der Waals surface area contributed by atoms with Gasteiger partial charge in [-0.15, -0.1) is 0 Å². The third kappa shape index (κ3) is 3.53. The molecular formula is C19H14ClN3O3. The van der Waals surface area contributed by atoms with E-state index in [2.05, 4.69) is 10.3 Å². The molecule has 1 aromatic heterocycles. The fraction of sp³-hybridized carbons (Fsp3) is 0.105. The Bertz CT molecular complexity index is 1040. The summed E-state index contributed by atoms with van der Waals surface area (Å²) in [6.07, 6.45) is -1.05. The van der Waals surface area contributed by atoms with Crippen LogP contribution in [0, 0.1) is 11.3 Å². The van der Waals surface area contributed by atoms with E-state index in [-0.39, 0.29) is 10.7 Å². The van der Waals surface area contributed by atoms with Gasteiger partial charge in [-0.1, -0.05) is 35.9 Å². The average Bonchev–Trinajstić information content (AvgIpc) is 2.99. The van der Waals surface area contributed by atoms with Crippen molar-refractivity contribution >= 4 is 40.1 Å². The van der Waals surface area contributed by atoms with Crippen molar-refractivity contribution in [1.29, 1.82) is 5.26 Å². The molecule has 1 atom stereocenters. The zero-order valence-electron chi connectivity index (χ0n) is 13.7. The maximum absolute atomic E-state index is 12.3. The molecule has 6 nitrogen and oxygen atoms in total. The van der Waals surface area contributed by atoms with E-state index >= 15 is 0 Å². The van der Waals surface area contributed by atoms with Gasteiger partial charge in [0.05, 0.1) is 16.7 Å². The Balaban J connectivity index is 1.71. The first kappa shape index (κ1) is 17.5. The van der Waals surface area contributed by atoms with E-state index in [9.17, 15) is 9.59 Å². The molecular weight excluding hydrogens is 354 g/mol. The Morgan fingerprint density at radius 3 is 2.73 bits per heavy atom. The number of nitriles is 1. The van der Waals surface area contributed by atoms with Crippen molar-refractivity contribution < 1.29 is 14.3 Å². The molecule has 0 aliphatic rings. The van der Waals surface area contributed by atoms with Gasteiger partial charge in [0, 0.05) is 16.6 Å². The molecule has 1 heterocycles. The second kappa shape index (κ2) is 7.30. The quantitative estimate of drug-likeness (QED) is 0.684. The summed E-state index contributed by atoms with van der Waals surface area (Å²) in [6, 6.07) is 15.6. The standard InChI is InChI=1S/C19H14ClN3O3/c1-11(18(24)22-13-6-4-5-12(9-13)10-21)26-19(25)17-16(20)14-7-2-3-8-15(14)23-17/h2-9,11,23H,1H3,(H,22,24). The summed E-state index contributed by atoms with van der Waals surface area (Å²) in [5.41, 5.74) is 1.66. The molecule has 0 spiro atoms. The number of carbonyl (C=O) groups excluding carboxylic acids is 2. The van der Waals surface area contributed by atoms with Crippen LogP contribution in [0.2, 0.25) is 5.02 Å². The van der Waals surface area contributed by atoms with Crippen LogP contribution in [0.3, 0.4) is 0 Å². The molecule has 0 radical (unpaired) electrons. The van der Waals surface area contributed by atoms with Crippen molar-refractivity contribution in [3.05, 3.63) is 64.8 Å². The van der Waals surface area contributed by atoms with Gasteiger partial charge >= 0.3 is 5.97 Å². The van der Waals surface area contributed by atoms with Crippen LogP contribution < -0.4 is 5.32 Å². The lowest BCUT2D eigenvalue weighted by atomic mass is 10.2. The van der Waals surface area contributed by atoms with Crippen LogP contribution >= 0.6 is 11.6 Å². The monoisotopic (exact) mass is 367 g/mol. The minimum absolute atomic E-state index is 0.0963. The maximum Gasteiger partial charge on any atom is 0.357 e. The SMILES string of the molecule is CC(OC(=O)c1[nH]c2ccccc2c1Cl)C(=O)Nc1cccc(C#N)c1. The lowest BCUT2D eigenvalue weighted by molar-refractivity contribution is -0.123. The first-order chi connectivity index (χ1) is 12.5. The number of halogens is 1. The van der Waals surface area contributed by atoms with Crippen molar-refractivity contribution in [2.45, 2.75) is 13.0 Å². The van der Waals surface area contributed by atoms with Gasteiger partial charge < -0.3 is 15.0 Å². The fourth-order valence-electron chi connectivity index (χ4n) is 2.43. The largest absolute Gasteiger partial charge is 0.448 e. The first-order valence-corrected chi connectivity index (χ1v) is 8.15. The molecule has 0 bridgehead atoms. The number of nitrogens with zero attached hydrogens (tertiary/aromatic N) is 1. The van der Waals surface area contributed by atoms with Crippen LogP contribution in [0.5, 0.6) is 0 Å². The van der Waals surface area contributed by atoms with Crippen molar-refractivity contribution in [2.75, 3.05) is 5.32 Å². The summed E-state index contributed by atoms with van der Waals surface area (Å²) < 4.78 is 5.21. The Kier molecular flexibility index (Phi) is 4.92. The van der Waals surface area contributed by atoms with Crippen LogP contribution in [-0.2, 0) is 9.53 Å². The molecule has 1 amide bonds. The zero-order valence-corrected chi connectivity index (χ0v) is 14.5. The van der Waals surface area contributed by atoms with Crippen LogP contribution in [0.15, 0.2) is 48.5 Å². The number of nitrogens with one attached hydrogen (secondary N) is 2. The highest BCUT2D eigenvalue weighted by molar-refractivity contribution is 6.38. The predicted molar refractivity (Wildman–Crippen MR) is 98.0 cm³/mol. The average molecular weight is 368 g/mol. The highest BCUT2D eigenvalue weighted by Crippen LogP contribution is 2.27. The molecule has 7 heteroatoms. The molecule has 0 fully saturated rings. The molecule has 3 aromatic rings. The number of aromatic amines is 1.